The average Bonchev–Trinajstić information content (AvgIpc) is 3.00. The second-order valence-electron chi connectivity index (χ2n) is 5.74. The van der Waals surface area contributed by atoms with Gasteiger partial charge >= 0.3 is 0 Å². The van der Waals surface area contributed by atoms with Crippen molar-refractivity contribution in [3.8, 4) is 0 Å². The van der Waals surface area contributed by atoms with Gasteiger partial charge in [0.2, 0.25) is 11.8 Å². The van der Waals surface area contributed by atoms with Gasteiger partial charge in [-0.15, -0.1) is 0 Å². The van der Waals surface area contributed by atoms with Crippen molar-refractivity contribution < 1.29 is 9.59 Å². The van der Waals surface area contributed by atoms with Crippen LogP contribution in [0, 0.1) is 5.92 Å². The number of hydrogen-bond acceptors (Lipinski definition) is 3. The normalized spacial score (nSPS) is 25.3. The Morgan fingerprint density at radius 2 is 1.94 bits per heavy atom. The number of nitrogens with zero attached hydrogens (tertiary/aromatic N) is 1. The first-order valence-corrected chi connectivity index (χ1v) is 6.87. The van der Waals surface area contributed by atoms with Crippen LogP contribution < -0.4 is 11.1 Å². The first-order valence-electron chi connectivity index (χ1n) is 6.87. The van der Waals surface area contributed by atoms with Crippen molar-refractivity contribution in [3.63, 3.8) is 0 Å². The summed E-state index contributed by atoms with van der Waals surface area (Å²) < 4.78 is 0. The van der Waals surface area contributed by atoms with Gasteiger partial charge in [0.1, 0.15) is 6.04 Å². The van der Waals surface area contributed by atoms with Crippen molar-refractivity contribution in [1.82, 2.24) is 10.2 Å². The lowest BCUT2D eigenvalue weighted by atomic mass is 10.0. The summed E-state index contributed by atoms with van der Waals surface area (Å²) >= 11 is 0. The second-order valence-corrected chi connectivity index (χ2v) is 5.74. The highest BCUT2D eigenvalue weighted by atomic mass is 16.2. The van der Waals surface area contributed by atoms with Crippen molar-refractivity contribution in [3.05, 3.63) is 0 Å². The number of nitrogens with two attached hydrogens (primary N) is 1. The second kappa shape index (κ2) is 5.26. The van der Waals surface area contributed by atoms with Gasteiger partial charge < -0.3 is 16.0 Å². The van der Waals surface area contributed by atoms with Gasteiger partial charge in [-0.2, -0.15) is 0 Å². The van der Waals surface area contributed by atoms with Gasteiger partial charge in [0, 0.05) is 12.6 Å². The molecular weight excluding hydrogens is 230 g/mol. The van der Waals surface area contributed by atoms with Crippen molar-refractivity contribution in [2.45, 2.75) is 57.7 Å². The van der Waals surface area contributed by atoms with E-state index in [1.807, 2.05) is 13.8 Å². The maximum absolute atomic E-state index is 12.2. The lowest BCUT2D eigenvalue weighted by Gasteiger charge is -2.28. The zero-order valence-corrected chi connectivity index (χ0v) is 11.2. The molecule has 5 heteroatoms. The molecule has 2 rings (SSSR count). The molecule has 1 aliphatic carbocycles. The van der Waals surface area contributed by atoms with Gasteiger partial charge in [0.15, 0.2) is 0 Å². The highest BCUT2D eigenvalue weighted by Crippen LogP contribution is 2.23. The largest absolute Gasteiger partial charge is 0.352 e. The van der Waals surface area contributed by atoms with Crippen LogP contribution in [0.4, 0.5) is 0 Å². The third-order valence-corrected chi connectivity index (χ3v) is 3.77. The maximum Gasteiger partial charge on any atom is 0.243 e. The lowest BCUT2D eigenvalue weighted by molar-refractivity contribution is -0.140. The molecule has 2 fully saturated rings. The van der Waals surface area contributed by atoms with Crippen LogP contribution in [-0.4, -0.2) is 41.4 Å². The summed E-state index contributed by atoms with van der Waals surface area (Å²) in [4.78, 5) is 26.0. The number of nitrogens with one attached hydrogen (secondary N) is 1. The number of carbonyl (C=O) groups excluding carboxylic acids is 2. The van der Waals surface area contributed by atoms with Crippen LogP contribution in [0.25, 0.3) is 0 Å². The fourth-order valence-corrected chi connectivity index (χ4v) is 2.30. The minimum Gasteiger partial charge on any atom is -0.352 e. The summed E-state index contributed by atoms with van der Waals surface area (Å²) in [5, 5.41) is 2.98. The third kappa shape index (κ3) is 2.83. The summed E-state index contributed by atoms with van der Waals surface area (Å²) in [5.41, 5.74) is 5.89. The predicted molar refractivity (Wildman–Crippen MR) is 68.7 cm³/mol. The Morgan fingerprint density at radius 1 is 1.28 bits per heavy atom. The first-order chi connectivity index (χ1) is 8.50. The quantitative estimate of drug-likeness (QED) is 0.753. The van der Waals surface area contributed by atoms with Crippen molar-refractivity contribution in [1.29, 1.82) is 0 Å². The van der Waals surface area contributed by atoms with E-state index in [1.54, 1.807) is 4.90 Å². The van der Waals surface area contributed by atoms with Gasteiger partial charge in [-0.3, -0.25) is 9.59 Å². The molecule has 2 unspecified atom stereocenters. The summed E-state index contributed by atoms with van der Waals surface area (Å²) in [6, 6.07) is -0.462. The molecule has 102 valence electrons. The molecule has 1 saturated heterocycles. The monoisotopic (exact) mass is 253 g/mol. The Labute approximate surface area is 108 Å². The highest BCUT2D eigenvalue weighted by Gasteiger charge is 2.38. The fraction of sp³-hybridized carbons (Fsp3) is 0.846. The molecule has 0 aromatic carbocycles. The molecule has 3 N–H and O–H groups in total. The van der Waals surface area contributed by atoms with E-state index in [4.69, 9.17) is 5.73 Å². The molecular formula is C13H23N3O2. The predicted octanol–water partition coefficient (Wildman–Crippen LogP) is 0.239. The zero-order valence-electron chi connectivity index (χ0n) is 11.2. The minimum atomic E-state index is -0.501. The minimum absolute atomic E-state index is 0.000642. The van der Waals surface area contributed by atoms with E-state index in [1.165, 1.54) is 0 Å². The molecule has 2 atom stereocenters. The van der Waals surface area contributed by atoms with Crippen LogP contribution >= 0.6 is 0 Å². The standard InChI is InChI=1S/C13H23N3O2/c1-8(2)11(14)13(18)16-7-3-4-10(16)12(17)15-9-5-6-9/h8-11H,3-7,14H2,1-2H3,(H,15,17). The number of likely N-dealkylation sites (tertiary alicyclic amines) is 1. The van der Waals surface area contributed by atoms with E-state index >= 15 is 0 Å². The van der Waals surface area contributed by atoms with Gasteiger partial charge in [0.05, 0.1) is 6.04 Å². The van der Waals surface area contributed by atoms with Crippen molar-refractivity contribution >= 4 is 11.8 Å². The Balaban J connectivity index is 1.97. The molecule has 0 aromatic heterocycles. The Hall–Kier alpha value is -1.10. The van der Waals surface area contributed by atoms with E-state index in [-0.39, 0.29) is 23.8 Å². The highest BCUT2D eigenvalue weighted by molar-refractivity contribution is 5.90. The van der Waals surface area contributed by atoms with Crippen LogP contribution in [0.1, 0.15) is 39.5 Å². The van der Waals surface area contributed by atoms with E-state index in [0.29, 0.717) is 12.6 Å². The fourth-order valence-electron chi connectivity index (χ4n) is 2.30. The molecule has 5 nitrogen and oxygen atoms in total. The maximum atomic E-state index is 12.2. The van der Waals surface area contributed by atoms with E-state index in [9.17, 15) is 9.59 Å². The molecule has 1 aliphatic heterocycles. The van der Waals surface area contributed by atoms with Gasteiger partial charge in [-0.05, 0) is 31.6 Å². The van der Waals surface area contributed by atoms with Crippen molar-refractivity contribution in [2.75, 3.05) is 6.54 Å². The van der Waals surface area contributed by atoms with Crippen LogP contribution in [-0.2, 0) is 9.59 Å². The average molecular weight is 253 g/mol. The molecule has 1 saturated carbocycles. The zero-order chi connectivity index (χ0) is 13.3. The van der Waals surface area contributed by atoms with Crippen LogP contribution in [0.5, 0.6) is 0 Å². The number of hydrogen-bond donors (Lipinski definition) is 2. The lowest BCUT2D eigenvalue weighted by Crippen LogP contribution is -2.52. The SMILES string of the molecule is CC(C)C(N)C(=O)N1CCCC1C(=O)NC1CC1. The molecule has 2 amide bonds. The van der Waals surface area contributed by atoms with Gasteiger partial charge in [0.25, 0.3) is 0 Å². The van der Waals surface area contributed by atoms with Gasteiger partial charge in [-0.1, -0.05) is 13.8 Å². The molecule has 1 heterocycles. The summed E-state index contributed by atoms with van der Waals surface area (Å²) in [6.45, 7) is 4.51. The van der Waals surface area contributed by atoms with Gasteiger partial charge in [-0.25, -0.2) is 0 Å². The molecule has 2 aliphatic rings. The molecule has 0 radical (unpaired) electrons. The van der Waals surface area contributed by atoms with E-state index in [2.05, 4.69) is 5.32 Å². The van der Waals surface area contributed by atoms with E-state index in [0.717, 1.165) is 25.7 Å². The van der Waals surface area contributed by atoms with Crippen LogP contribution in [0.2, 0.25) is 0 Å². The first kappa shape index (κ1) is 13.3. The number of amides is 2. The topological polar surface area (TPSA) is 75.4 Å². The molecule has 0 bridgehead atoms. The van der Waals surface area contributed by atoms with E-state index < -0.39 is 6.04 Å². The Morgan fingerprint density at radius 3 is 2.50 bits per heavy atom. The van der Waals surface area contributed by atoms with Crippen molar-refractivity contribution in [2.24, 2.45) is 11.7 Å². The van der Waals surface area contributed by atoms with Crippen LogP contribution in [0.15, 0.2) is 0 Å². The third-order valence-electron chi connectivity index (χ3n) is 3.77. The number of carbonyl (C=O) groups is 2. The summed E-state index contributed by atoms with van der Waals surface area (Å²) in [5.74, 6) is 0.0167. The number of rotatable bonds is 4. The molecule has 0 spiro atoms. The Bertz CT molecular complexity index is 339. The molecule has 18 heavy (non-hydrogen) atoms. The van der Waals surface area contributed by atoms with Crippen LogP contribution in [0.3, 0.4) is 0 Å². The summed E-state index contributed by atoms with van der Waals surface area (Å²) in [7, 11) is 0. The Kier molecular flexibility index (Phi) is 3.90. The summed E-state index contributed by atoms with van der Waals surface area (Å²) in [6.07, 6.45) is 3.78. The molecule has 0 aromatic rings. The smallest absolute Gasteiger partial charge is 0.243 e.